The highest BCUT2D eigenvalue weighted by atomic mass is 16.7. The first kappa shape index (κ1) is 25.6. The van der Waals surface area contributed by atoms with Crippen LogP contribution in [0.2, 0.25) is 0 Å². The Hall–Kier alpha value is -0.530. The molecule has 2 N–H and O–H groups in total. The number of fused-ring (bicyclic) bond motifs is 5. The van der Waals surface area contributed by atoms with Crippen LogP contribution in [-0.4, -0.2) is 60.9 Å². The molecule has 4 aliphatic carbocycles. The molecule has 0 aromatic rings. The van der Waals surface area contributed by atoms with Crippen molar-refractivity contribution in [2.75, 3.05) is 27.1 Å². The summed E-state index contributed by atoms with van der Waals surface area (Å²) in [4.78, 5) is 13.6. The van der Waals surface area contributed by atoms with Crippen LogP contribution in [0.1, 0.15) is 79.1 Å². The monoisotopic (exact) mass is 466 g/mol. The summed E-state index contributed by atoms with van der Waals surface area (Å²) in [6, 6.07) is 0. The number of methoxy groups -OCH3 is 1. The molecule has 0 aromatic carbocycles. The average Bonchev–Trinajstić information content (AvgIpc) is 3.11. The number of carbonyl (C=O) groups excluding carboxylic acids is 1. The van der Waals surface area contributed by atoms with Gasteiger partial charge in [-0.25, -0.2) is 0 Å². The second-order valence-corrected chi connectivity index (χ2v) is 12.4. The van der Waals surface area contributed by atoms with Gasteiger partial charge >= 0.3 is 0 Å². The molecule has 0 radical (unpaired) electrons. The predicted molar refractivity (Wildman–Crippen MR) is 125 cm³/mol. The molecule has 0 aliphatic heterocycles. The van der Waals surface area contributed by atoms with Crippen LogP contribution in [0, 0.1) is 40.4 Å². The molecule has 190 valence electrons. The van der Waals surface area contributed by atoms with Crippen molar-refractivity contribution < 1.29 is 29.2 Å². The summed E-state index contributed by atoms with van der Waals surface area (Å²) >= 11 is 0. The van der Waals surface area contributed by atoms with E-state index in [-0.39, 0.29) is 47.3 Å². The minimum Gasteiger partial charge on any atom is -0.386 e. The molecule has 6 heteroatoms. The normalized spacial score (nSPS) is 47.3. The van der Waals surface area contributed by atoms with Crippen molar-refractivity contribution in [1.29, 1.82) is 0 Å². The summed E-state index contributed by atoms with van der Waals surface area (Å²) < 4.78 is 16.8. The Bertz CT molecular complexity index is 711. The van der Waals surface area contributed by atoms with E-state index in [1.165, 1.54) is 0 Å². The fourth-order valence-electron chi connectivity index (χ4n) is 8.53. The molecular formula is C27H46O6. The fourth-order valence-corrected chi connectivity index (χ4v) is 8.53. The standard InChI is InChI=1S/C27H46O6/c1-17(2)15-32-13-10-18-6-7-21-25(18,3)12-9-22-26(4)11-8-19(33-16-31-5)14-20(26)23(28)24(29)27(21,22)30/h17-22,24,29-30H,6-16H2,1-5H3/t18-,19?,20-,21-,22?,24-,25-,26+,27+/m1/s1. The quantitative estimate of drug-likeness (QED) is 0.416. The summed E-state index contributed by atoms with van der Waals surface area (Å²) in [6.45, 7) is 10.6. The van der Waals surface area contributed by atoms with Gasteiger partial charge in [-0.3, -0.25) is 4.79 Å². The Morgan fingerprint density at radius 3 is 2.45 bits per heavy atom. The molecular weight excluding hydrogens is 420 g/mol. The smallest absolute Gasteiger partial charge is 0.167 e. The Morgan fingerprint density at radius 2 is 1.76 bits per heavy atom. The zero-order valence-electron chi connectivity index (χ0n) is 21.3. The minimum absolute atomic E-state index is 0.0269. The van der Waals surface area contributed by atoms with Gasteiger partial charge in [-0.2, -0.15) is 0 Å². The van der Waals surface area contributed by atoms with E-state index >= 15 is 0 Å². The van der Waals surface area contributed by atoms with Gasteiger partial charge in [-0.15, -0.1) is 0 Å². The molecule has 2 unspecified atom stereocenters. The van der Waals surface area contributed by atoms with E-state index in [4.69, 9.17) is 14.2 Å². The molecule has 0 amide bonds. The minimum atomic E-state index is -1.33. The van der Waals surface area contributed by atoms with E-state index in [9.17, 15) is 15.0 Å². The van der Waals surface area contributed by atoms with E-state index in [1.807, 2.05) is 0 Å². The van der Waals surface area contributed by atoms with Gasteiger partial charge in [-0.1, -0.05) is 27.7 Å². The lowest BCUT2D eigenvalue weighted by atomic mass is 9.41. The van der Waals surface area contributed by atoms with Crippen LogP contribution in [0.4, 0.5) is 0 Å². The summed E-state index contributed by atoms with van der Waals surface area (Å²) in [5.74, 6) is 0.457. The van der Waals surface area contributed by atoms with Gasteiger partial charge in [0.15, 0.2) is 5.78 Å². The molecule has 0 aromatic heterocycles. The number of hydrogen-bond acceptors (Lipinski definition) is 6. The molecule has 4 rings (SSSR count). The highest BCUT2D eigenvalue weighted by Gasteiger charge is 2.71. The van der Waals surface area contributed by atoms with Gasteiger partial charge in [0.1, 0.15) is 18.5 Å². The summed E-state index contributed by atoms with van der Waals surface area (Å²) in [5, 5.41) is 23.7. The molecule has 4 fully saturated rings. The molecule has 33 heavy (non-hydrogen) atoms. The molecule has 4 saturated carbocycles. The third kappa shape index (κ3) is 4.12. The van der Waals surface area contributed by atoms with E-state index in [0.717, 1.165) is 58.2 Å². The Morgan fingerprint density at radius 1 is 1.06 bits per heavy atom. The number of rotatable bonds is 8. The fraction of sp³-hybridized carbons (Fsp3) is 0.963. The third-order valence-electron chi connectivity index (χ3n) is 10.3. The number of ketones is 1. The van der Waals surface area contributed by atoms with Crippen molar-refractivity contribution >= 4 is 5.78 Å². The molecule has 0 bridgehead atoms. The Labute approximate surface area is 199 Å². The number of carbonyl (C=O) groups is 1. The van der Waals surface area contributed by atoms with Crippen molar-refractivity contribution in [2.24, 2.45) is 40.4 Å². The second kappa shape index (κ2) is 9.50. The maximum Gasteiger partial charge on any atom is 0.167 e. The van der Waals surface area contributed by atoms with Crippen LogP contribution in [0.5, 0.6) is 0 Å². The first-order valence-corrected chi connectivity index (χ1v) is 13.2. The number of aliphatic hydroxyl groups excluding tert-OH is 1. The van der Waals surface area contributed by atoms with Crippen LogP contribution in [0.3, 0.4) is 0 Å². The van der Waals surface area contributed by atoms with Crippen molar-refractivity contribution in [2.45, 2.75) is 96.9 Å². The predicted octanol–water partition coefficient (Wildman–Crippen LogP) is 3.96. The van der Waals surface area contributed by atoms with Crippen molar-refractivity contribution in [3.8, 4) is 0 Å². The SMILES string of the molecule is COCOC1CC[C@]2(C)C3CC[C@]4(C)[C@@H](CCOCC(C)C)CC[C@H]4[C@@]3(O)[C@H](O)C(=O)[C@H]2C1. The Balaban J connectivity index is 1.54. The van der Waals surface area contributed by atoms with Crippen molar-refractivity contribution in [3.05, 3.63) is 0 Å². The number of ether oxygens (including phenoxy) is 3. The second-order valence-electron chi connectivity index (χ2n) is 12.4. The van der Waals surface area contributed by atoms with Gasteiger partial charge in [0.25, 0.3) is 0 Å². The van der Waals surface area contributed by atoms with E-state index in [2.05, 4.69) is 27.7 Å². The molecule has 4 aliphatic rings. The number of hydrogen-bond donors (Lipinski definition) is 2. The highest BCUT2D eigenvalue weighted by molar-refractivity contribution is 5.89. The number of aliphatic hydroxyl groups is 2. The van der Waals surface area contributed by atoms with E-state index < -0.39 is 11.7 Å². The van der Waals surface area contributed by atoms with Crippen LogP contribution in [0.25, 0.3) is 0 Å². The maximum atomic E-state index is 13.6. The Kier molecular flexibility index (Phi) is 7.35. The van der Waals surface area contributed by atoms with Gasteiger partial charge in [-0.05, 0) is 85.9 Å². The largest absolute Gasteiger partial charge is 0.386 e. The van der Waals surface area contributed by atoms with Crippen LogP contribution in [0.15, 0.2) is 0 Å². The topological polar surface area (TPSA) is 85.2 Å². The van der Waals surface area contributed by atoms with E-state index in [1.54, 1.807) is 7.11 Å². The summed E-state index contributed by atoms with van der Waals surface area (Å²) in [7, 11) is 1.60. The molecule has 9 atom stereocenters. The number of Topliss-reactive ketones (excluding diaryl/α,β-unsaturated/α-hetero) is 1. The molecule has 0 saturated heterocycles. The van der Waals surface area contributed by atoms with Crippen molar-refractivity contribution in [3.63, 3.8) is 0 Å². The van der Waals surface area contributed by atoms with Gasteiger partial charge in [0, 0.05) is 26.2 Å². The van der Waals surface area contributed by atoms with Crippen LogP contribution >= 0.6 is 0 Å². The van der Waals surface area contributed by atoms with Gasteiger partial charge in [0.2, 0.25) is 0 Å². The lowest BCUT2D eigenvalue weighted by Gasteiger charge is -2.65. The molecule has 0 spiro atoms. The lowest BCUT2D eigenvalue weighted by molar-refractivity contribution is -0.258. The lowest BCUT2D eigenvalue weighted by Crippen LogP contribution is -2.72. The summed E-state index contributed by atoms with van der Waals surface area (Å²) in [5.41, 5.74) is -1.68. The van der Waals surface area contributed by atoms with E-state index in [0.29, 0.717) is 18.3 Å². The highest BCUT2D eigenvalue weighted by Crippen LogP contribution is 2.68. The zero-order chi connectivity index (χ0) is 24.0. The first-order valence-electron chi connectivity index (χ1n) is 13.2. The molecule has 0 heterocycles. The van der Waals surface area contributed by atoms with Crippen LogP contribution in [-0.2, 0) is 19.0 Å². The maximum absolute atomic E-state index is 13.6. The summed E-state index contributed by atoms with van der Waals surface area (Å²) in [6.07, 6.45) is 5.81. The van der Waals surface area contributed by atoms with Crippen LogP contribution < -0.4 is 0 Å². The molecule has 6 nitrogen and oxygen atoms in total. The first-order chi connectivity index (χ1) is 15.6. The zero-order valence-corrected chi connectivity index (χ0v) is 21.3. The van der Waals surface area contributed by atoms with Crippen molar-refractivity contribution in [1.82, 2.24) is 0 Å². The third-order valence-corrected chi connectivity index (χ3v) is 10.3. The van der Waals surface area contributed by atoms with Gasteiger partial charge < -0.3 is 24.4 Å². The van der Waals surface area contributed by atoms with Gasteiger partial charge in [0.05, 0.1) is 6.10 Å². The average molecular weight is 467 g/mol.